The van der Waals surface area contributed by atoms with Gasteiger partial charge in [-0.05, 0) is 56.2 Å². The molecule has 0 aliphatic carbocycles. The van der Waals surface area contributed by atoms with Crippen LogP contribution in [0.2, 0.25) is 0 Å². The Morgan fingerprint density at radius 1 is 1.17 bits per heavy atom. The van der Waals surface area contributed by atoms with Gasteiger partial charge in [0.2, 0.25) is 5.91 Å². The van der Waals surface area contributed by atoms with E-state index in [-0.39, 0.29) is 24.1 Å². The van der Waals surface area contributed by atoms with Crippen LogP contribution in [-0.4, -0.2) is 59.7 Å². The number of rotatable bonds is 12. The molecular weight excluding hydrogens is 476 g/mol. The Balaban J connectivity index is 2.10. The molecule has 2 aromatic carbocycles. The molecule has 192 valence electrons. The Labute approximate surface area is 208 Å². The van der Waals surface area contributed by atoms with Crippen molar-refractivity contribution >= 4 is 39.5 Å². The molecule has 0 heterocycles. The van der Waals surface area contributed by atoms with Gasteiger partial charge in [-0.25, -0.2) is 4.79 Å². The van der Waals surface area contributed by atoms with Crippen LogP contribution in [0.1, 0.15) is 39.2 Å². The fraction of sp³-hybridized carbons (Fsp3) is 0.458. The van der Waals surface area contributed by atoms with Gasteiger partial charge in [-0.3, -0.25) is 14.4 Å². The molecule has 2 unspecified atom stereocenters. The molecule has 0 saturated heterocycles. The van der Waals surface area contributed by atoms with Crippen LogP contribution in [-0.2, 0) is 24.0 Å². The average Bonchev–Trinajstić information content (AvgIpc) is 2.83. The van der Waals surface area contributed by atoms with Crippen LogP contribution in [0, 0.1) is 10.6 Å². The van der Waals surface area contributed by atoms with Gasteiger partial charge in [0.25, 0.3) is 0 Å². The zero-order valence-corrected chi connectivity index (χ0v) is 21.2. The van der Waals surface area contributed by atoms with Gasteiger partial charge in [-0.1, -0.05) is 36.0 Å². The molecule has 0 aromatic heterocycles. The highest BCUT2D eigenvalue weighted by Crippen LogP contribution is 2.27. The van der Waals surface area contributed by atoms with Crippen LogP contribution < -0.4 is 10.1 Å². The van der Waals surface area contributed by atoms with Crippen molar-refractivity contribution in [3.8, 4) is 5.75 Å². The van der Waals surface area contributed by atoms with Gasteiger partial charge in [0.1, 0.15) is 11.8 Å². The van der Waals surface area contributed by atoms with E-state index in [1.165, 1.54) is 13.8 Å². The molecule has 2 rings (SSSR count). The summed E-state index contributed by atoms with van der Waals surface area (Å²) in [7, 11) is 1.59. The number of fused-ring (bicyclic) bond motifs is 1. The standard InChI is InChI=1S/C24H31N2O8S/c1-6-33-22(28)20(13-35-23(29)24(3,4)14-34-26(30)31)25-21(27)15(2)16-7-8-18-12-19(32-5)10-9-17(18)11-16/h7-12,15,20,30H,6,13-14H2,1-5H3,(H,25,27)/q-1. The molecule has 0 saturated carbocycles. The number of hydrogen-bond acceptors (Lipinski definition) is 10. The lowest BCUT2D eigenvalue weighted by Crippen LogP contribution is -2.45. The Hall–Kier alpha value is -2.70. The molecule has 0 aliphatic rings. The summed E-state index contributed by atoms with van der Waals surface area (Å²) in [5, 5.41) is 22.6. The van der Waals surface area contributed by atoms with Gasteiger partial charge in [-0.2, -0.15) is 0 Å². The first kappa shape index (κ1) is 28.5. The lowest BCUT2D eigenvalue weighted by atomic mass is 9.96. The predicted molar refractivity (Wildman–Crippen MR) is 132 cm³/mol. The lowest BCUT2D eigenvalue weighted by molar-refractivity contribution is -0.313. The summed E-state index contributed by atoms with van der Waals surface area (Å²) in [6, 6.07) is 10.2. The van der Waals surface area contributed by atoms with E-state index < -0.39 is 34.6 Å². The third-order valence-electron chi connectivity index (χ3n) is 5.32. The Bertz CT molecular complexity index is 1040. The highest BCUT2D eigenvalue weighted by Gasteiger charge is 2.32. The first-order valence-electron chi connectivity index (χ1n) is 11.0. The van der Waals surface area contributed by atoms with E-state index in [2.05, 4.69) is 10.2 Å². The number of ether oxygens (including phenoxy) is 2. The fourth-order valence-corrected chi connectivity index (χ4v) is 4.12. The maximum atomic E-state index is 13.0. The topological polar surface area (TPSA) is 137 Å². The number of nitrogens with one attached hydrogen (secondary N) is 1. The second kappa shape index (κ2) is 12.8. The summed E-state index contributed by atoms with van der Waals surface area (Å²) in [6.07, 6.45) is 0. The van der Waals surface area contributed by atoms with Crippen LogP contribution >= 0.6 is 11.8 Å². The average molecular weight is 508 g/mol. The normalized spacial score (nSPS) is 13.4. The number of hydrogen-bond donors (Lipinski definition) is 2. The molecule has 0 radical (unpaired) electrons. The molecule has 35 heavy (non-hydrogen) atoms. The van der Waals surface area contributed by atoms with Crippen molar-refractivity contribution in [1.29, 1.82) is 0 Å². The van der Waals surface area contributed by atoms with Gasteiger partial charge >= 0.3 is 5.97 Å². The lowest BCUT2D eigenvalue weighted by Gasteiger charge is -2.27. The summed E-state index contributed by atoms with van der Waals surface area (Å²) in [6.45, 7) is 6.18. The van der Waals surface area contributed by atoms with Crippen molar-refractivity contribution in [2.45, 2.75) is 39.7 Å². The number of thioether (sulfide) groups is 1. The van der Waals surface area contributed by atoms with E-state index in [9.17, 15) is 19.6 Å². The number of carbonyl (C=O) groups is 3. The van der Waals surface area contributed by atoms with Gasteiger partial charge in [0, 0.05) is 5.75 Å². The second-order valence-corrected chi connectivity index (χ2v) is 9.49. The molecule has 0 bridgehead atoms. The molecule has 1 amide bonds. The minimum Gasteiger partial charge on any atom is -0.738 e. The van der Waals surface area contributed by atoms with Gasteiger partial charge < -0.3 is 25.2 Å². The molecular formula is C24H31N2O8S-. The van der Waals surface area contributed by atoms with Crippen LogP contribution in [0.4, 0.5) is 0 Å². The fourth-order valence-electron chi connectivity index (χ4n) is 3.13. The smallest absolute Gasteiger partial charge is 0.329 e. The first-order chi connectivity index (χ1) is 16.5. The molecule has 0 aliphatic heterocycles. The Kier molecular flexibility index (Phi) is 10.5. The molecule has 11 heteroatoms. The van der Waals surface area contributed by atoms with Crippen molar-refractivity contribution in [3.05, 3.63) is 47.2 Å². The number of carbonyl (C=O) groups excluding carboxylic acids is 3. The third-order valence-corrected chi connectivity index (χ3v) is 6.64. The van der Waals surface area contributed by atoms with Gasteiger partial charge in [-0.15, -0.1) is 5.39 Å². The monoisotopic (exact) mass is 507 g/mol. The Morgan fingerprint density at radius 2 is 1.83 bits per heavy atom. The molecule has 2 N–H and O–H groups in total. The first-order valence-corrected chi connectivity index (χ1v) is 12.0. The number of methoxy groups -OCH3 is 1. The van der Waals surface area contributed by atoms with Crippen molar-refractivity contribution in [2.24, 2.45) is 5.41 Å². The minimum atomic E-state index is -1.12. The number of esters is 1. The summed E-state index contributed by atoms with van der Waals surface area (Å²) in [4.78, 5) is 42.5. The van der Waals surface area contributed by atoms with Crippen LogP contribution in [0.15, 0.2) is 36.4 Å². The number of nitrogens with zero attached hydrogens (tertiary/aromatic N) is 1. The SMILES string of the molecule is CCOC(=O)C(CSC(=O)C(C)(C)CON([O-])O)NC(=O)C(C)c1ccc2cc(OC)ccc2c1. The van der Waals surface area contributed by atoms with Gasteiger partial charge in [0.05, 0.1) is 31.7 Å². The summed E-state index contributed by atoms with van der Waals surface area (Å²) < 4.78 is 10.3. The Morgan fingerprint density at radius 3 is 2.46 bits per heavy atom. The minimum absolute atomic E-state index is 0.0721. The van der Waals surface area contributed by atoms with Crippen molar-refractivity contribution < 1.29 is 33.9 Å². The van der Waals surface area contributed by atoms with E-state index in [4.69, 9.17) is 14.7 Å². The second-order valence-electron chi connectivity index (χ2n) is 8.50. The zero-order chi connectivity index (χ0) is 26.2. The zero-order valence-electron chi connectivity index (χ0n) is 20.4. The highest BCUT2D eigenvalue weighted by atomic mass is 32.2. The van der Waals surface area contributed by atoms with E-state index >= 15 is 0 Å². The predicted octanol–water partition coefficient (Wildman–Crippen LogP) is 3.41. The van der Waals surface area contributed by atoms with E-state index in [0.29, 0.717) is 0 Å². The molecule has 2 atom stereocenters. The van der Waals surface area contributed by atoms with E-state index in [0.717, 1.165) is 33.8 Å². The van der Waals surface area contributed by atoms with Crippen LogP contribution in [0.25, 0.3) is 10.8 Å². The number of amides is 1. The quantitative estimate of drug-likeness (QED) is 0.325. The van der Waals surface area contributed by atoms with Crippen LogP contribution in [0.5, 0.6) is 5.75 Å². The van der Waals surface area contributed by atoms with Crippen molar-refractivity contribution in [1.82, 2.24) is 10.7 Å². The highest BCUT2D eigenvalue weighted by molar-refractivity contribution is 8.13. The summed E-state index contributed by atoms with van der Waals surface area (Å²) in [5.74, 6) is -0.964. The number of benzene rings is 2. The maximum absolute atomic E-state index is 13.0. The largest absolute Gasteiger partial charge is 0.738 e. The van der Waals surface area contributed by atoms with E-state index in [1.54, 1.807) is 21.0 Å². The molecule has 0 spiro atoms. The third kappa shape index (κ3) is 8.18. The maximum Gasteiger partial charge on any atom is 0.329 e. The van der Waals surface area contributed by atoms with Crippen molar-refractivity contribution in [2.75, 3.05) is 26.1 Å². The van der Waals surface area contributed by atoms with Crippen molar-refractivity contribution in [3.63, 3.8) is 0 Å². The van der Waals surface area contributed by atoms with Gasteiger partial charge in [0.15, 0.2) is 5.12 Å². The summed E-state index contributed by atoms with van der Waals surface area (Å²) >= 11 is 0.804. The van der Waals surface area contributed by atoms with E-state index in [1.807, 2.05) is 36.4 Å². The molecule has 10 nitrogen and oxygen atoms in total. The van der Waals surface area contributed by atoms with Crippen LogP contribution in [0.3, 0.4) is 0 Å². The summed E-state index contributed by atoms with van der Waals surface area (Å²) in [5.41, 5.74) is -0.365. The molecule has 0 fully saturated rings. The molecule has 2 aromatic rings.